The minimum atomic E-state index is 0.534. The topological polar surface area (TPSA) is 15.3 Å². The van der Waals surface area contributed by atoms with Crippen molar-refractivity contribution in [1.29, 1.82) is 0 Å². The molecule has 0 bridgehead atoms. The van der Waals surface area contributed by atoms with Gasteiger partial charge in [0.05, 0.1) is 0 Å². The van der Waals surface area contributed by atoms with E-state index >= 15 is 0 Å². The third-order valence-electron chi connectivity index (χ3n) is 4.91. The summed E-state index contributed by atoms with van der Waals surface area (Å²) < 4.78 is 0. The second kappa shape index (κ2) is 2.96. The second-order valence-electron chi connectivity index (χ2n) is 5.96. The first-order chi connectivity index (χ1) is 6.73. The van der Waals surface area contributed by atoms with Crippen molar-refractivity contribution in [3.8, 4) is 0 Å². The fraction of sp³-hybridized carbons (Fsp3) is 1.00. The van der Waals surface area contributed by atoms with Gasteiger partial charge in [0.15, 0.2) is 0 Å². The minimum Gasteiger partial charge on any atom is -0.317 e. The molecule has 0 aromatic rings. The quantitative estimate of drug-likeness (QED) is 0.682. The fourth-order valence-corrected chi connectivity index (χ4v) is 3.42. The van der Waals surface area contributed by atoms with Gasteiger partial charge in [0, 0.05) is 18.6 Å². The molecule has 1 spiro atoms. The first kappa shape index (κ1) is 9.17. The van der Waals surface area contributed by atoms with Crippen molar-refractivity contribution in [2.24, 2.45) is 5.41 Å². The van der Waals surface area contributed by atoms with E-state index in [0.717, 1.165) is 5.41 Å². The predicted molar refractivity (Wildman–Crippen MR) is 58.4 cm³/mol. The van der Waals surface area contributed by atoms with Crippen LogP contribution in [0.3, 0.4) is 0 Å². The van der Waals surface area contributed by atoms with Gasteiger partial charge in [0.25, 0.3) is 0 Å². The normalized spacial score (nSPS) is 34.9. The molecule has 2 heteroatoms. The lowest BCUT2D eigenvalue weighted by atomic mass is 9.62. The lowest BCUT2D eigenvalue weighted by Gasteiger charge is -2.62. The third kappa shape index (κ3) is 1.24. The van der Waals surface area contributed by atoms with Crippen molar-refractivity contribution in [3.05, 3.63) is 0 Å². The zero-order chi connectivity index (χ0) is 9.65. The van der Waals surface area contributed by atoms with Gasteiger partial charge in [0.2, 0.25) is 0 Å². The van der Waals surface area contributed by atoms with Crippen LogP contribution in [0.25, 0.3) is 0 Å². The van der Waals surface area contributed by atoms with Gasteiger partial charge in [-0.25, -0.2) is 0 Å². The molecule has 0 amide bonds. The average Bonchev–Trinajstić information content (AvgIpc) is 1.99. The van der Waals surface area contributed by atoms with E-state index in [1.807, 2.05) is 0 Å². The van der Waals surface area contributed by atoms with Crippen molar-refractivity contribution >= 4 is 0 Å². The zero-order valence-electron chi connectivity index (χ0n) is 9.31. The molecule has 0 unspecified atom stereocenters. The standard InChI is InChI=1S/C12H22N2/c1-11(5-7-13-8-6-11)14-9-12(10-14)3-2-4-12/h13H,2-10H2,1H3. The molecule has 0 aromatic heterocycles. The number of nitrogens with one attached hydrogen (secondary N) is 1. The van der Waals surface area contributed by atoms with E-state index < -0.39 is 0 Å². The summed E-state index contributed by atoms with van der Waals surface area (Å²) in [6, 6.07) is 0. The number of piperidine rings is 1. The maximum Gasteiger partial charge on any atom is 0.0206 e. The summed E-state index contributed by atoms with van der Waals surface area (Å²) in [7, 11) is 0. The molecule has 2 nitrogen and oxygen atoms in total. The Balaban J connectivity index is 1.60. The van der Waals surface area contributed by atoms with E-state index in [0.29, 0.717) is 5.54 Å². The zero-order valence-corrected chi connectivity index (χ0v) is 9.31. The van der Waals surface area contributed by atoms with Crippen LogP contribution in [0, 0.1) is 5.41 Å². The Bertz CT molecular complexity index is 218. The smallest absolute Gasteiger partial charge is 0.0206 e. The van der Waals surface area contributed by atoms with Crippen molar-refractivity contribution < 1.29 is 0 Å². The Hall–Kier alpha value is -0.0800. The Morgan fingerprint density at radius 2 is 1.64 bits per heavy atom. The van der Waals surface area contributed by atoms with Crippen LogP contribution in [0.5, 0.6) is 0 Å². The molecular weight excluding hydrogens is 172 g/mol. The molecule has 2 heterocycles. The van der Waals surface area contributed by atoms with Crippen molar-refractivity contribution in [2.45, 2.75) is 44.6 Å². The average molecular weight is 194 g/mol. The monoisotopic (exact) mass is 194 g/mol. The SMILES string of the molecule is CC1(N2CC3(CCC3)C2)CCNCC1. The molecule has 1 aliphatic carbocycles. The fourth-order valence-electron chi connectivity index (χ4n) is 3.42. The maximum atomic E-state index is 3.47. The Morgan fingerprint density at radius 1 is 1.00 bits per heavy atom. The highest BCUT2D eigenvalue weighted by Gasteiger charge is 2.52. The summed E-state index contributed by atoms with van der Waals surface area (Å²) in [5.74, 6) is 0. The van der Waals surface area contributed by atoms with Gasteiger partial charge in [-0.2, -0.15) is 0 Å². The van der Waals surface area contributed by atoms with Gasteiger partial charge >= 0.3 is 0 Å². The molecule has 3 fully saturated rings. The molecule has 2 saturated heterocycles. The molecule has 2 aliphatic heterocycles. The van der Waals surface area contributed by atoms with E-state index in [9.17, 15) is 0 Å². The van der Waals surface area contributed by atoms with Crippen LogP contribution in [-0.4, -0.2) is 36.6 Å². The van der Waals surface area contributed by atoms with Gasteiger partial charge < -0.3 is 5.32 Å². The van der Waals surface area contributed by atoms with Crippen LogP contribution >= 0.6 is 0 Å². The van der Waals surface area contributed by atoms with E-state index in [4.69, 9.17) is 0 Å². The number of rotatable bonds is 1. The van der Waals surface area contributed by atoms with E-state index in [-0.39, 0.29) is 0 Å². The Labute approximate surface area is 87.0 Å². The summed E-state index contributed by atoms with van der Waals surface area (Å²) in [6.45, 7) is 7.73. The second-order valence-corrected chi connectivity index (χ2v) is 5.96. The van der Waals surface area contributed by atoms with Gasteiger partial charge in [0.1, 0.15) is 0 Å². The molecule has 1 saturated carbocycles. The van der Waals surface area contributed by atoms with Crippen molar-refractivity contribution in [1.82, 2.24) is 10.2 Å². The van der Waals surface area contributed by atoms with Gasteiger partial charge in [-0.15, -0.1) is 0 Å². The van der Waals surface area contributed by atoms with Crippen LogP contribution in [0.4, 0.5) is 0 Å². The molecule has 3 aliphatic rings. The highest BCUT2D eigenvalue weighted by molar-refractivity contribution is 5.06. The maximum absolute atomic E-state index is 3.47. The highest BCUT2D eigenvalue weighted by Crippen LogP contribution is 2.51. The number of likely N-dealkylation sites (tertiary alicyclic amines) is 1. The summed E-state index contributed by atoms with van der Waals surface area (Å²) in [6.07, 6.45) is 7.22. The summed E-state index contributed by atoms with van der Waals surface area (Å²) in [5.41, 5.74) is 1.33. The van der Waals surface area contributed by atoms with Crippen molar-refractivity contribution in [3.63, 3.8) is 0 Å². The highest BCUT2D eigenvalue weighted by atomic mass is 15.3. The van der Waals surface area contributed by atoms with Gasteiger partial charge in [-0.05, 0) is 51.1 Å². The van der Waals surface area contributed by atoms with E-state index in [1.54, 1.807) is 0 Å². The first-order valence-corrected chi connectivity index (χ1v) is 6.18. The van der Waals surface area contributed by atoms with Crippen LogP contribution < -0.4 is 5.32 Å². The number of hydrogen-bond donors (Lipinski definition) is 1. The lowest BCUT2D eigenvalue weighted by Crippen LogP contribution is -2.68. The van der Waals surface area contributed by atoms with E-state index in [1.165, 1.54) is 58.3 Å². The molecular formula is C12H22N2. The lowest BCUT2D eigenvalue weighted by molar-refractivity contribution is -0.121. The third-order valence-corrected chi connectivity index (χ3v) is 4.91. The Kier molecular flexibility index (Phi) is 1.94. The van der Waals surface area contributed by atoms with Gasteiger partial charge in [-0.1, -0.05) is 6.42 Å². The number of nitrogens with zero attached hydrogens (tertiary/aromatic N) is 1. The molecule has 0 atom stereocenters. The molecule has 3 rings (SSSR count). The van der Waals surface area contributed by atoms with Crippen molar-refractivity contribution in [2.75, 3.05) is 26.2 Å². The Morgan fingerprint density at radius 3 is 2.14 bits per heavy atom. The van der Waals surface area contributed by atoms with Crippen LogP contribution in [0.15, 0.2) is 0 Å². The summed E-state index contributed by atoms with van der Waals surface area (Å²) >= 11 is 0. The van der Waals surface area contributed by atoms with Crippen LogP contribution in [0.2, 0.25) is 0 Å². The van der Waals surface area contributed by atoms with E-state index in [2.05, 4.69) is 17.1 Å². The largest absolute Gasteiger partial charge is 0.317 e. The molecule has 14 heavy (non-hydrogen) atoms. The summed E-state index contributed by atoms with van der Waals surface area (Å²) in [5, 5.41) is 3.47. The van der Waals surface area contributed by atoms with Crippen LogP contribution in [0.1, 0.15) is 39.0 Å². The van der Waals surface area contributed by atoms with Gasteiger partial charge in [-0.3, -0.25) is 4.90 Å². The molecule has 0 aromatic carbocycles. The molecule has 80 valence electrons. The minimum absolute atomic E-state index is 0.534. The van der Waals surface area contributed by atoms with Crippen LogP contribution in [-0.2, 0) is 0 Å². The first-order valence-electron chi connectivity index (χ1n) is 6.18. The molecule has 0 radical (unpaired) electrons. The number of hydrogen-bond acceptors (Lipinski definition) is 2. The predicted octanol–water partition coefficient (Wildman–Crippen LogP) is 1.61. The molecule has 1 N–H and O–H groups in total. The summed E-state index contributed by atoms with van der Waals surface area (Å²) in [4.78, 5) is 2.76.